The summed E-state index contributed by atoms with van der Waals surface area (Å²) in [5, 5.41) is 2.89. The molecule has 16 heavy (non-hydrogen) atoms. The molecule has 0 fully saturated rings. The van der Waals surface area contributed by atoms with Gasteiger partial charge < -0.3 is 11.1 Å². The minimum Gasteiger partial charge on any atom is -0.324 e. The minimum absolute atomic E-state index is 0.113. The number of nitrogens with two attached hydrogens (primary N) is 1. The predicted molar refractivity (Wildman–Crippen MR) is 67.5 cm³/mol. The van der Waals surface area contributed by atoms with Gasteiger partial charge >= 0.3 is 0 Å². The maximum absolute atomic E-state index is 11.7. The highest BCUT2D eigenvalue weighted by Crippen LogP contribution is 2.21. The first kappa shape index (κ1) is 12.7. The highest BCUT2D eigenvalue weighted by Gasteiger charge is 2.13. The van der Waals surface area contributed by atoms with E-state index in [0.29, 0.717) is 6.42 Å². The van der Waals surface area contributed by atoms with Crippen molar-refractivity contribution in [3.63, 3.8) is 0 Å². The second kappa shape index (κ2) is 5.12. The lowest BCUT2D eigenvalue weighted by Gasteiger charge is -2.15. The third kappa shape index (κ3) is 2.83. The molecule has 1 aromatic carbocycles. The summed E-state index contributed by atoms with van der Waals surface area (Å²) >= 11 is 0. The van der Waals surface area contributed by atoms with Crippen LogP contribution in [0.1, 0.15) is 30.0 Å². The number of aryl methyl sites for hydroxylation is 3. The number of carbonyl (C=O) groups excluding carboxylic acids is 1. The Morgan fingerprint density at radius 2 is 1.81 bits per heavy atom. The molecule has 0 aromatic heterocycles. The van der Waals surface area contributed by atoms with Gasteiger partial charge in [-0.15, -0.1) is 0 Å². The molecule has 3 heteroatoms. The van der Waals surface area contributed by atoms with Crippen LogP contribution in [-0.4, -0.2) is 11.9 Å². The van der Waals surface area contributed by atoms with E-state index in [4.69, 9.17) is 5.73 Å². The monoisotopic (exact) mass is 220 g/mol. The first-order chi connectivity index (χ1) is 7.45. The number of amides is 1. The lowest BCUT2D eigenvalue weighted by Crippen LogP contribution is -2.35. The van der Waals surface area contributed by atoms with Gasteiger partial charge in [0.15, 0.2) is 0 Å². The highest BCUT2D eigenvalue weighted by atomic mass is 16.2. The molecule has 1 atom stereocenters. The lowest BCUT2D eigenvalue weighted by molar-refractivity contribution is -0.117. The van der Waals surface area contributed by atoms with Crippen molar-refractivity contribution in [3.05, 3.63) is 28.8 Å². The smallest absolute Gasteiger partial charge is 0.241 e. The number of rotatable bonds is 3. The van der Waals surface area contributed by atoms with Crippen LogP contribution in [0.15, 0.2) is 12.1 Å². The molecule has 1 rings (SSSR count). The van der Waals surface area contributed by atoms with Crippen molar-refractivity contribution >= 4 is 11.6 Å². The van der Waals surface area contributed by atoms with Gasteiger partial charge in [-0.3, -0.25) is 4.79 Å². The second-order valence-corrected chi connectivity index (χ2v) is 4.28. The number of carbonyl (C=O) groups is 1. The average Bonchev–Trinajstić information content (AvgIpc) is 2.21. The fraction of sp³-hybridized carbons (Fsp3) is 0.462. The van der Waals surface area contributed by atoms with Gasteiger partial charge in [0.1, 0.15) is 0 Å². The standard InChI is InChI=1S/C13H20N2O/c1-5-11(14)13(16)15-12-9(3)6-8(2)7-10(12)4/h6-7,11H,5,14H2,1-4H3,(H,15,16)/t11-/m0/s1. The molecule has 0 saturated carbocycles. The number of nitrogens with one attached hydrogen (secondary N) is 1. The molecule has 1 aromatic rings. The molecule has 0 aliphatic rings. The van der Waals surface area contributed by atoms with Gasteiger partial charge in [-0.2, -0.15) is 0 Å². The maximum atomic E-state index is 11.7. The van der Waals surface area contributed by atoms with Gasteiger partial charge in [-0.1, -0.05) is 24.6 Å². The topological polar surface area (TPSA) is 55.1 Å². The fourth-order valence-corrected chi connectivity index (χ4v) is 1.78. The molecular weight excluding hydrogens is 200 g/mol. The molecule has 0 saturated heterocycles. The summed E-state index contributed by atoms with van der Waals surface area (Å²) in [5.41, 5.74) is 9.93. The van der Waals surface area contributed by atoms with E-state index in [9.17, 15) is 4.79 Å². The number of benzene rings is 1. The normalized spacial score (nSPS) is 12.3. The molecule has 0 aliphatic carbocycles. The first-order valence-corrected chi connectivity index (χ1v) is 5.60. The molecule has 0 aliphatic heterocycles. The van der Waals surface area contributed by atoms with Crippen LogP contribution in [-0.2, 0) is 4.79 Å². The van der Waals surface area contributed by atoms with Gasteiger partial charge in [0.2, 0.25) is 5.91 Å². The second-order valence-electron chi connectivity index (χ2n) is 4.28. The maximum Gasteiger partial charge on any atom is 0.241 e. The van der Waals surface area contributed by atoms with Crippen LogP contribution >= 0.6 is 0 Å². The van der Waals surface area contributed by atoms with E-state index < -0.39 is 6.04 Å². The van der Waals surface area contributed by atoms with Crippen molar-refractivity contribution in [1.29, 1.82) is 0 Å². The van der Waals surface area contributed by atoms with Gasteiger partial charge in [0.25, 0.3) is 0 Å². The minimum atomic E-state index is -0.430. The fourth-order valence-electron chi connectivity index (χ4n) is 1.78. The molecule has 0 unspecified atom stereocenters. The van der Waals surface area contributed by atoms with Crippen LogP contribution in [0.5, 0.6) is 0 Å². The SMILES string of the molecule is CC[C@H](N)C(=O)Nc1c(C)cc(C)cc1C. The first-order valence-electron chi connectivity index (χ1n) is 5.60. The summed E-state index contributed by atoms with van der Waals surface area (Å²) in [6.45, 7) is 7.93. The van der Waals surface area contributed by atoms with Crippen LogP contribution in [0.3, 0.4) is 0 Å². The van der Waals surface area contributed by atoms with E-state index in [1.807, 2.05) is 27.7 Å². The quantitative estimate of drug-likeness (QED) is 0.821. The molecule has 0 radical (unpaired) electrons. The van der Waals surface area contributed by atoms with Crippen LogP contribution in [0.4, 0.5) is 5.69 Å². The predicted octanol–water partition coefficient (Wildman–Crippen LogP) is 2.29. The molecule has 3 nitrogen and oxygen atoms in total. The van der Waals surface area contributed by atoms with Crippen LogP contribution in [0, 0.1) is 20.8 Å². The van der Waals surface area contributed by atoms with Crippen molar-refractivity contribution < 1.29 is 4.79 Å². The Kier molecular flexibility index (Phi) is 4.07. The summed E-state index contributed by atoms with van der Waals surface area (Å²) in [7, 11) is 0. The Morgan fingerprint density at radius 1 is 1.31 bits per heavy atom. The van der Waals surface area contributed by atoms with Crippen molar-refractivity contribution in [2.24, 2.45) is 5.73 Å². The van der Waals surface area contributed by atoms with E-state index in [0.717, 1.165) is 16.8 Å². The van der Waals surface area contributed by atoms with Crippen molar-refractivity contribution in [2.45, 2.75) is 40.2 Å². The van der Waals surface area contributed by atoms with E-state index >= 15 is 0 Å². The Labute approximate surface area is 97.0 Å². The molecule has 1 amide bonds. The van der Waals surface area contributed by atoms with Crippen molar-refractivity contribution in [2.75, 3.05) is 5.32 Å². The Hall–Kier alpha value is -1.35. The summed E-state index contributed by atoms with van der Waals surface area (Å²) in [4.78, 5) is 11.7. The van der Waals surface area contributed by atoms with E-state index in [-0.39, 0.29) is 5.91 Å². The zero-order valence-corrected chi connectivity index (χ0v) is 10.4. The molecule has 0 heterocycles. The highest BCUT2D eigenvalue weighted by molar-refractivity contribution is 5.96. The zero-order chi connectivity index (χ0) is 12.3. The van der Waals surface area contributed by atoms with E-state index in [1.165, 1.54) is 5.56 Å². The zero-order valence-electron chi connectivity index (χ0n) is 10.4. The molecule has 0 bridgehead atoms. The Balaban J connectivity index is 2.93. The summed E-state index contributed by atoms with van der Waals surface area (Å²) in [6, 6.07) is 3.68. The van der Waals surface area contributed by atoms with Crippen molar-refractivity contribution in [1.82, 2.24) is 0 Å². The van der Waals surface area contributed by atoms with Crippen LogP contribution in [0.2, 0.25) is 0 Å². The molecular formula is C13H20N2O. The number of hydrogen-bond acceptors (Lipinski definition) is 2. The summed E-state index contributed by atoms with van der Waals surface area (Å²) < 4.78 is 0. The lowest BCUT2D eigenvalue weighted by atomic mass is 10.0. The van der Waals surface area contributed by atoms with E-state index in [2.05, 4.69) is 17.4 Å². The molecule has 3 N–H and O–H groups in total. The average molecular weight is 220 g/mol. The van der Waals surface area contributed by atoms with Crippen LogP contribution in [0.25, 0.3) is 0 Å². The molecule has 88 valence electrons. The van der Waals surface area contributed by atoms with Gasteiger partial charge in [0.05, 0.1) is 6.04 Å². The van der Waals surface area contributed by atoms with Gasteiger partial charge in [0, 0.05) is 5.69 Å². The molecule has 0 spiro atoms. The third-order valence-corrected chi connectivity index (χ3v) is 2.70. The largest absolute Gasteiger partial charge is 0.324 e. The van der Waals surface area contributed by atoms with Crippen molar-refractivity contribution in [3.8, 4) is 0 Å². The number of hydrogen-bond donors (Lipinski definition) is 2. The Bertz CT molecular complexity index is 376. The number of anilines is 1. The van der Waals surface area contributed by atoms with E-state index in [1.54, 1.807) is 0 Å². The Morgan fingerprint density at radius 3 is 2.25 bits per heavy atom. The van der Waals surface area contributed by atoms with Gasteiger partial charge in [-0.05, 0) is 38.3 Å². The third-order valence-electron chi connectivity index (χ3n) is 2.70. The van der Waals surface area contributed by atoms with Crippen LogP contribution < -0.4 is 11.1 Å². The van der Waals surface area contributed by atoms with Gasteiger partial charge in [-0.25, -0.2) is 0 Å². The summed E-state index contributed by atoms with van der Waals surface area (Å²) in [5.74, 6) is -0.113. The summed E-state index contributed by atoms with van der Waals surface area (Å²) in [6.07, 6.45) is 0.649.